The average molecular weight is 503 g/mol. The second-order valence-electron chi connectivity index (χ2n) is 10.0. The Morgan fingerprint density at radius 3 is 2.73 bits per heavy atom. The minimum atomic E-state index is -0.630. The Morgan fingerprint density at radius 2 is 2.05 bits per heavy atom. The van der Waals surface area contributed by atoms with Crippen LogP contribution in [0.15, 0.2) is 42.9 Å². The van der Waals surface area contributed by atoms with E-state index in [9.17, 15) is 9.59 Å². The van der Waals surface area contributed by atoms with E-state index in [1.165, 1.54) is 6.20 Å². The SMILES string of the molecule is COc1c(Nc2cc(NC(=O)C3CC3)ncc2C(N)=O)cccc1-c1cnn([C@@H]2CC[C@]23CCCO3)c1. The number of ether oxygens (including phenoxy) is 2. The van der Waals surface area contributed by atoms with E-state index < -0.39 is 5.91 Å². The van der Waals surface area contributed by atoms with Gasteiger partial charge in [0.15, 0.2) is 0 Å². The van der Waals surface area contributed by atoms with Crippen LogP contribution in [0.4, 0.5) is 17.2 Å². The topological polar surface area (TPSA) is 133 Å². The number of carbonyl (C=O) groups is 2. The molecule has 1 aromatic carbocycles. The fourth-order valence-corrected chi connectivity index (χ4v) is 5.42. The highest BCUT2D eigenvalue weighted by atomic mass is 16.5. The summed E-state index contributed by atoms with van der Waals surface area (Å²) in [6, 6.07) is 7.59. The van der Waals surface area contributed by atoms with Crippen LogP contribution in [0.5, 0.6) is 5.75 Å². The van der Waals surface area contributed by atoms with E-state index in [4.69, 9.17) is 15.2 Å². The van der Waals surface area contributed by atoms with Crippen molar-refractivity contribution in [3.63, 3.8) is 0 Å². The summed E-state index contributed by atoms with van der Waals surface area (Å²) in [5.74, 6) is 0.276. The predicted octanol–water partition coefficient (Wildman–Crippen LogP) is 4.03. The highest BCUT2D eigenvalue weighted by molar-refractivity contribution is 6.01. The molecule has 192 valence electrons. The number of pyridine rings is 1. The summed E-state index contributed by atoms with van der Waals surface area (Å²) in [5.41, 5.74) is 8.58. The number of hydrogen-bond acceptors (Lipinski definition) is 7. The van der Waals surface area contributed by atoms with Gasteiger partial charge in [0.25, 0.3) is 5.91 Å². The number of methoxy groups -OCH3 is 1. The fraction of sp³-hybridized carbons (Fsp3) is 0.407. The number of nitrogens with one attached hydrogen (secondary N) is 2. The maximum Gasteiger partial charge on any atom is 0.252 e. The zero-order chi connectivity index (χ0) is 25.6. The normalized spacial score (nSPS) is 22.5. The third kappa shape index (κ3) is 4.31. The molecule has 2 atom stereocenters. The zero-order valence-corrected chi connectivity index (χ0v) is 20.7. The second kappa shape index (κ2) is 9.19. The van der Waals surface area contributed by atoms with Crippen molar-refractivity contribution in [3.8, 4) is 16.9 Å². The van der Waals surface area contributed by atoms with E-state index in [-0.39, 0.29) is 29.0 Å². The molecule has 0 unspecified atom stereocenters. The number of aromatic nitrogens is 3. The number of benzene rings is 1. The molecule has 1 aliphatic heterocycles. The van der Waals surface area contributed by atoms with Gasteiger partial charge in [0, 0.05) is 42.1 Å². The van der Waals surface area contributed by atoms with Crippen LogP contribution < -0.4 is 21.1 Å². The third-order valence-corrected chi connectivity index (χ3v) is 7.67. The summed E-state index contributed by atoms with van der Waals surface area (Å²) < 4.78 is 13.9. The molecular formula is C27H30N6O4. The molecule has 2 aliphatic carbocycles. The van der Waals surface area contributed by atoms with Crippen molar-refractivity contribution in [3.05, 3.63) is 48.4 Å². The Hall–Kier alpha value is -3.92. The lowest BCUT2D eigenvalue weighted by Crippen LogP contribution is -2.47. The highest BCUT2D eigenvalue weighted by Crippen LogP contribution is 2.51. The smallest absolute Gasteiger partial charge is 0.252 e. The van der Waals surface area contributed by atoms with Gasteiger partial charge in [-0.15, -0.1) is 0 Å². The van der Waals surface area contributed by atoms with Crippen molar-refractivity contribution in [1.82, 2.24) is 14.8 Å². The molecule has 1 saturated heterocycles. The van der Waals surface area contributed by atoms with Gasteiger partial charge in [0.2, 0.25) is 5.91 Å². The Labute approximate surface area is 214 Å². The van der Waals surface area contributed by atoms with Gasteiger partial charge in [0.1, 0.15) is 11.6 Å². The zero-order valence-electron chi connectivity index (χ0n) is 20.7. The lowest BCUT2D eigenvalue weighted by molar-refractivity contribution is -0.117. The quantitative estimate of drug-likeness (QED) is 0.423. The first kappa shape index (κ1) is 23.5. The fourth-order valence-electron chi connectivity index (χ4n) is 5.42. The Balaban J connectivity index is 1.29. The van der Waals surface area contributed by atoms with E-state index in [0.29, 0.717) is 22.9 Å². The van der Waals surface area contributed by atoms with Crippen LogP contribution in [-0.4, -0.2) is 45.9 Å². The number of rotatable bonds is 8. The monoisotopic (exact) mass is 502 g/mol. The Kier molecular flexibility index (Phi) is 5.83. The van der Waals surface area contributed by atoms with Crippen LogP contribution in [0.25, 0.3) is 11.1 Å². The third-order valence-electron chi connectivity index (χ3n) is 7.67. The Morgan fingerprint density at radius 1 is 1.19 bits per heavy atom. The largest absolute Gasteiger partial charge is 0.494 e. The minimum Gasteiger partial charge on any atom is -0.494 e. The summed E-state index contributed by atoms with van der Waals surface area (Å²) in [6.07, 6.45) is 11.3. The van der Waals surface area contributed by atoms with Crippen LogP contribution in [-0.2, 0) is 9.53 Å². The second-order valence-corrected chi connectivity index (χ2v) is 10.0. The van der Waals surface area contributed by atoms with Crippen molar-refractivity contribution in [2.24, 2.45) is 11.7 Å². The number of carbonyl (C=O) groups excluding carboxylic acids is 2. The number of nitrogens with zero attached hydrogens (tertiary/aromatic N) is 3. The maximum absolute atomic E-state index is 12.2. The molecule has 2 aromatic heterocycles. The van der Waals surface area contributed by atoms with Gasteiger partial charge in [-0.05, 0) is 44.6 Å². The molecule has 1 spiro atoms. The molecule has 10 nitrogen and oxygen atoms in total. The summed E-state index contributed by atoms with van der Waals surface area (Å²) in [6.45, 7) is 0.820. The molecule has 0 bridgehead atoms. The van der Waals surface area contributed by atoms with Crippen LogP contribution in [0.2, 0.25) is 0 Å². The maximum atomic E-state index is 12.2. The molecule has 2 saturated carbocycles. The van der Waals surface area contributed by atoms with Gasteiger partial charge in [-0.25, -0.2) is 4.98 Å². The molecule has 0 radical (unpaired) electrons. The van der Waals surface area contributed by atoms with Gasteiger partial charge in [-0.3, -0.25) is 14.3 Å². The van der Waals surface area contributed by atoms with E-state index in [2.05, 4.69) is 20.7 Å². The minimum absolute atomic E-state index is 0.0294. The highest BCUT2D eigenvalue weighted by Gasteiger charge is 2.51. The van der Waals surface area contributed by atoms with Gasteiger partial charge in [-0.1, -0.05) is 12.1 Å². The number of amides is 2. The molecule has 4 N–H and O–H groups in total. The van der Waals surface area contributed by atoms with Gasteiger partial charge >= 0.3 is 0 Å². The van der Waals surface area contributed by atoms with Crippen molar-refractivity contribution < 1.29 is 19.1 Å². The molecule has 10 heteroatoms. The molecular weight excluding hydrogens is 472 g/mol. The molecule has 3 fully saturated rings. The summed E-state index contributed by atoms with van der Waals surface area (Å²) in [7, 11) is 1.60. The van der Waals surface area contributed by atoms with E-state index in [1.807, 2.05) is 35.3 Å². The lowest BCUT2D eigenvalue weighted by atomic mass is 9.73. The summed E-state index contributed by atoms with van der Waals surface area (Å²) in [5, 5.41) is 10.8. The average Bonchev–Trinajstić information content (AvgIpc) is 3.40. The van der Waals surface area contributed by atoms with Gasteiger partial charge < -0.3 is 25.8 Å². The van der Waals surface area contributed by atoms with Crippen LogP contribution >= 0.6 is 0 Å². The molecule has 6 rings (SSSR count). The summed E-state index contributed by atoms with van der Waals surface area (Å²) >= 11 is 0. The van der Waals surface area contributed by atoms with E-state index in [0.717, 1.165) is 56.3 Å². The first-order chi connectivity index (χ1) is 18.0. The van der Waals surface area contributed by atoms with Crippen molar-refractivity contribution in [2.45, 2.75) is 50.2 Å². The molecule has 3 aromatic rings. The predicted molar refractivity (Wildman–Crippen MR) is 138 cm³/mol. The first-order valence-electron chi connectivity index (χ1n) is 12.7. The van der Waals surface area contributed by atoms with Crippen LogP contribution in [0.1, 0.15) is 54.9 Å². The van der Waals surface area contributed by atoms with Crippen molar-refractivity contribution in [2.75, 3.05) is 24.4 Å². The Bertz CT molecular complexity index is 1360. The van der Waals surface area contributed by atoms with Crippen LogP contribution in [0, 0.1) is 5.92 Å². The van der Waals surface area contributed by atoms with Crippen molar-refractivity contribution >= 4 is 29.0 Å². The van der Waals surface area contributed by atoms with Gasteiger partial charge in [0.05, 0.1) is 41.9 Å². The number of anilines is 3. The van der Waals surface area contributed by atoms with Gasteiger partial charge in [-0.2, -0.15) is 5.10 Å². The standard InChI is InChI=1S/C27H30N6O4/c1-36-24-18(17-13-30-33(15-17)22-8-10-27(22)9-3-11-37-27)4-2-5-20(24)31-21-12-23(29-14-19(21)25(28)34)32-26(35)16-6-7-16/h2,4-5,12-16,22H,3,6-11H2,1H3,(H2,28,34)(H2,29,31,32,35)/t22-,27-/m1/s1. The number of hydrogen-bond donors (Lipinski definition) is 3. The van der Waals surface area contributed by atoms with Crippen LogP contribution in [0.3, 0.4) is 0 Å². The van der Waals surface area contributed by atoms with E-state index in [1.54, 1.807) is 13.2 Å². The number of primary amides is 1. The number of para-hydroxylation sites is 1. The molecule has 3 heterocycles. The van der Waals surface area contributed by atoms with Crippen molar-refractivity contribution in [1.29, 1.82) is 0 Å². The molecule has 3 aliphatic rings. The molecule has 2 amide bonds. The number of nitrogens with two attached hydrogens (primary N) is 1. The van der Waals surface area contributed by atoms with E-state index >= 15 is 0 Å². The first-order valence-corrected chi connectivity index (χ1v) is 12.7. The lowest BCUT2D eigenvalue weighted by Gasteiger charge is -2.45. The summed E-state index contributed by atoms with van der Waals surface area (Å²) in [4.78, 5) is 28.5. The molecule has 37 heavy (non-hydrogen) atoms.